The fraction of sp³-hybridized carbons (Fsp3) is 0.438. The minimum Gasteiger partial charge on any atom is -0.392 e. The molecule has 2 atom stereocenters. The number of aromatic nitrogens is 1. The first-order valence-electron chi connectivity index (χ1n) is 6.93. The Balaban J connectivity index is 2.26. The molecule has 1 aromatic carbocycles. The van der Waals surface area contributed by atoms with E-state index in [4.69, 9.17) is 5.73 Å². The van der Waals surface area contributed by atoms with Gasteiger partial charge >= 0.3 is 0 Å². The number of thiazole rings is 1. The monoisotopic (exact) mass is 290 g/mol. The Bertz CT molecular complexity index is 538. The molecular formula is C16H22N2OS. The second-order valence-corrected chi connectivity index (χ2v) is 6.20. The molecule has 0 bridgehead atoms. The quantitative estimate of drug-likeness (QED) is 0.860. The van der Waals surface area contributed by atoms with E-state index in [2.05, 4.69) is 17.1 Å². The van der Waals surface area contributed by atoms with Crippen molar-refractivity contribution in [2.45, 2.75) is 38.2 Å². The summed E-state index contributed by atoms with van der Waals surface area (Å²) in [6.07, 6.45) is 1.24. The molecule has 0 radical (unpaired) electrons. The van der Waals surface area contributed by atoms with Crippen LogP contribution in [-0.4, -0.2) is 22.7 Å². The van der Waals surface area contributed by atoms with Crippen LogP contribution in [0.25, 0.3) is 0 Å². The average molecular weight is 290 g/mol. The van der Waals surface area contributed by atoms with Gasteiger partial charge in [0.15, 0.2) is 0 Å². The van der Waals surface area contributed by atoms with Crippen LogP contribution in [0, 0.1) is 6.92 Å². The number of aliphatic hydroxyl groups excluding tert-OH is 1. The molecule has 3 N–H and O–H groups in total. The molecule has 20 heavy (non-hydrogen) atoms. The van der Waals surface area contributed by atoms with E-state index in [1.165, 1.54) is 4.88 Å². The zero-order valence-electron chi connectivity index (χ0n) is 12.0. The first-order valence-corrected chi connectivity index (χ1v) is 7.81. The van der Waals surface area contributed by atoms with Gasteiger partial charge in [-0.2, -0.15) is 0 Å². The first kappa shape index (κ1) is 15.2. The highest BCUT2D eigenvalue weighted by molar-refractivity contribution is 7.09. The first-order chi connectivity index (χ1) is 9.60. The molecular weight excluding hydrogens is 268 g/mol. The fourth-order valence-corrected chi connectivity index (χ4v) is 3.44. The minimum atomic E-state index is -0.483. The summed E-state index contributed by atoms with van der Waals surface area (Å²) in [5.74, 6) is 0. The average Bonchev–Trinajstić information content (AvgIpc) is 2.86. The number of nitrogens with zero attached hydrogens (tertiary/aromatic N) is 1. The van der Waals surface area contributed by atoms with Gasteiger partial charge in [-0.05, 0) is 32.3 Å². The highest BCUT2D eigenvalue weighted by Crippen LogP contribution is 2.33. The second kappa shape index (κ2) is 6.48. The van der Waals surface area contributed by atoms with Crippen molar-refractivity contribution in [3.63, 3.8) is 0 Å². The van der Waals surface area contributed by atoms with Crippen LogP contribution >= 0.6 is 11.3 Å². The summed E-state index contributed by atoms with van der Waals surface area (Å²) in [5, 5.41) is 10.3. The Hall–Kier alpha value is -1.23. The van der Waals surface area contributed by atoms with Crippen LogP contribution in [0.4, 0.5) is 0 Å². The number of hydrogen-bond donors (Lipinski definition) is 2. The lowest BCUT2D eigenvalue weighted by atomic mass is 9.72. The summed E-state index contributed by atoms with van der Waals surface area (Å²) in [6.45, 7) is 4.30. The summed E-state index contributed by atoms with van der Waals surface area (Å²) in [6, 6.07) is 10.1. The van der Waals surface area contributed by atoms with E-state index < -0.39 is 11.5 Å². The zero-order valence-corrected chi connectivity index (χ0v) is 12.9. The van der Waals surface area contributed by atoms with Crippen LogP contribution in [0.2, 0.25) is 0 Å². The third-order valence-electron chi connectivity index (χ3n) is 4.16. The predicted molar refractivity (Wildman–Crippen MR) is 84.0 cm³/mol. The zero-order chi connectivity index (χ0) is 14.6. The van der Waals surface area contributed by atoms with Gasteiger partial charge < -0.3 is 10.8 Å². The summed E-state index contributed by atoms with van der Waals surface area (Å²) in [4.78, 5) is 5.56. The van der Waals surface area contributed by atoms with E-state index in [0.717, 1.165) is 24.1 Å². The highest BCUT2D eigenvalue weighted by Gasteiger charge is 2.35. The standard InChI is InChI=1S/C16H22N2OS/c1-12-15(20-11-18-12)8-9-16(10-17,13(2)19)14-6-4-3-5-7-14/h3-7,11,13,19H,8-10,17H2,1-2H3. The molecule has 1 heterocycles. The van der Waals surface area contributed by atoms with Crippen LogP contribution in [0.3, 0.4) is 0 Å². The van der Waals surface area contributed by atoms with Crippen LogP contribution in [0.1, 0.15) is 29.5 Å². The molecule has 2 unspecified atom stereocenters. The molecule has 2 rings (SSSR count). The Morgan fingerprint density at radius 3 is 2.55 bits per heavy atom. The van der Waals surface area contributed by atoms with Crippen molar-refractivity contribution in [1.82, 2.24) is 4.98 Å². The van der Waals surface area contributed by atoms with Gasteiger partial charge in [0.1, 0.15) is 0 Å². The fourth-order valence-electron chi connectivity index (χ4n) is 2.66. The molecule has 0 aliphatic carbocycles. The maximum Gasteiger partial charge on any atom is 0.0797 e. The Morgan fingerprint density at radius 2 is 2.05 bits per heavy atom. The Morgan fingerprint density at radius 1 is 1.35 bits per heavy atom. The maximum atomic E-state index is 10.3. The van der Waals surface area contributed by atoms with Gasteiger partial charge in [0.25, 0.3) is 0 Å². The second-order valence-electron chi connectivity index (χ2n) is 5.26. The van der Waals surface area contributed by atoms with Crippen molar-refractivity contribution in [3.05, 3.63) is 52.0 Å². The van der Waals surface area contributed by atoms with Crippen LogP contribution in [-0.2, 0) is 11.8 Å². The third-order valence-corrected chi connectivity index (χ3v) is 5.15. The predicted octanol–water partition coefficient (Wildman–Crippen LogP) is 2.66. The van der Waals surface area contributed by atoms with E-state index in [-0.39, 0.29) is 0 Å². The molecule has 0 fully saturated rings. The van der Waals surface area contributed by atoms with E-state index in [9.17, 15) is 5.11 Å². The summed E-state index contributed by atoms with van der Waals surface area (Å²) >= 11 is 1.67. The van der Waals surface area contributed by atoms with Gasteiger partial charge in [-0.15, -0.1) is 11.3 Å². The number of nitrogens with two attached hydrogens (primary N) is 1. The van der Waals surface area contributed by atoms with Gasteiger partial charge in [-0.25, -0.2) is 4.98 Å². The van der Waals surface area contributed by atoms with E-state index in [1.54, 1.807) is 11.3 Å². The highest BCUT2D eigenvalue weighted by atomic mass is 32.1. The molecule has 0 aliphatic rings. The number of aliphatic hydroxyl groups is 1. The summed E-state index contributed by atoms with van der Waals surface area (Å²) in [7, 11) is 0. The van der Waals surface area contributed by atoms with Gasteiger partial charge in [0.05, 0.1) is 17.3 Å². The molecule has 0 amide bonds. The molecule has 108 valence electrons. The Labute approximate surface area is 124 Å². The minimum absolute atomic E-state index is 0.391. The van der Waals surface area contributed by atoms with E-state index in [1.807, 2.05) is 37.6 Å². The van der Waals surface area contributed by atoms with E-state index in [0.29, 0.717) is 6.54 Å². The van der Waals surface area contributed by atoms with E-state index >= 15 is 0 Å². The lowest BCUT2D eigenvalue weighted by molar-refractivity contribution is 0.0945. The molecule has 0 saturated heterocycles. The Kier molecular flexibility index (Phi) is 4.91. The van der Waals surface area contributed by atoms with Crippen LogP contribution in [0.15, 0.2) is 35.8 Å². The molecule has 3 nitrogen and oxygen atoms in total. The third kappa shape index (κ3) is 2.92. The van der Waals surface area contributed by atoms with Gasteiger partial charge in [0, 0.05) is 16.8 Å². The van der Waals surface area contributed by atoms with Crippen molar-refractivity contribution in [1.29, 1.82) is 0 Å². The molecule has 4 heteroatoms. The number of benzene rings is 1. The SMILES string of the molecule is Cc1ncsc1CCC(CN)(c1ccccc1)C(C)O. The van der Waals surface area contributed by atoms with Crippen molar-refractivity contribution >= 4 is 11.3 Å². The smallest absolute Gasteiger partial charge is 0.0797 e. The van der Waals surface area contributed by atoms with Crippen LogP contribution in [0.5, 0.6) is 0 Å². The normalized spacial score (nSPS) is 15.8. The van der Waals surface area contributed by atoms with Crippen molar-refractivity contribution in [3.8, 4) is 0 Å². The lowest BCUT2D eigenvalue weighted by Crippen LogP contribution is -2.45. The van der Waals surface area contributed by atoms with Gasteiger partial charge in [0.2, 0.25) is 0 Å². The molecule has 1 aromatic heterocycles. The lowest BCUT2D eigenvalue weighted by Gasteiger charge is -2.36. The summed E-state index contributed by atoms with van der Waals surface area (Å²) in [5.41, 5.74) is 9.72. The molecule has 0 saturated carbocycles. The molecule has 0 aliphatic heterocycles. The molecule has 2 aromatic rings. The number of aryl methyl sites for hydroxylation is 2. The number of rotatable bonds is 6. The molecule has 0 spiro atoms. The van der Waals surface area contributed by atoms with Crippen molar-refractivity contribution in [2.75, 3.05) is 6.54 Å². The van der Waals surface area contributed by atoms with Gasteiger partial charge in [-0.1, -0.05) is 30.3 Å². The largest absolute Gasteiger partial charge is 0.392 e. The maximum absolute atomic E-state index is 10.3. The van der Waals surface area contributed by atoms with Gasteiger partial charge in [-0.3, -0.25) is 0 Å². The van der Waals surface area contributed by atoms with Crippen molar-refractivity contribution < 1.29 is 5.11 Å². The topological polar surface area (TPSA) is 59.1 Å². The summed E-state index contributed by atoms with van der Waals surface area (Å²) < 4.78 is 0. The van der Waals surface area contributed by atoms with Crippen LogP contribution < -0.4 is 5.73 Å². The number of hydrogen-bond acceptors (Lipinski definition) is 4. The van der Waals surface area contributed by atoms with Crippen molar-refractivity contribution in [2.24, 2.45) is 5.73 Å².